The Bertz CT molecular complexity index is 534. The predicted molar refractivity (Wildman–Crippen MR) is 95.8 cm³/mol. The molecule has 4 aliphatic carbocycles. The summed E-state index contributed by atoms with van der Waals surface area (Å²) in [5.41, 5.74) is -0.445. The maximum atomic E-state index is 12.5. The Hall–Kier alpha value is -1.06. The molecule has 0 aromatic carbocycles. The molecule has 4 aliphatic rings. The van der Waals surface area contributed by atoms with Crippen molar-refractivity contribution in [2.45, 2.75) is 85.2 Å². The van der Waals surface area contributed by atoms with E-state index in [0.29, 0.717) is 23.7 Å². The van der Waals surface area contributed by atoms with Crippen molar-refractivity contribution in [2.24, 2.45) is 28.6 Å². The van der Waals surface area contributed by atoms with Crippen LogP contribution in [-0.4, -0.2) is 24.1 Å². The topological polar surface area (TPSA) is 52.6 Å². The van der Waals surface area contributed by atoms with E-state index in [4.69, 9.17) is 9.47 Å². The van der Waals surface area contributed by atoms with Gasteiger partial charge in [0.05, 0.1) is 5.41 Å². The quantitative estimate of drug-likeness (QED) is 0.662. The first-order valence-corrected chi connectivity index (χ1v) is 10.0. The lowest BCUT2D eigenvalue weighted by Crippen LogP contribution is -2.62. The standard InChI is InChI=1S/C21H34O4/c1-6-19(3,4)18(23)24-13-17(22)25-21(7-2)15-8-14-9-16(21)12-20(5,10-14)11-15/h14-16H,6-13H2,1-5H3. The number of ether oxygens (including phenoxy) is 2. The molecule has 4 fully saturated rings. The molecule has 25 heavy (non-hydrogen) atoms. The van der Waals surface area contributed by atoms with E-state index in [1.165, 1.54) is 32.1 Å². The molecule has 0 saturated heterocycles. The number of rotatable bonds is 6. The molecule has 0 radical (unpaired) electrons. The summed E-state index contributed by atoms with van der Waals surface area (Å²) in [6.07, 6.45) is 7.62. The lowest BCUT2D eigenvalue weighted by molar-refractivity contribution is -0.227. The first-order valence-electron chi connectivity index (χ1n) is 10.0. The fourth-order valence-corrected chi connectivity index (χ4v) is 5.97. The molecule has 2 unspecified atom stereocenters. The molecule has 4 rings (SSSR count). The molecule has 0 aromatic rings. The van der Waals surface area contributed by atoms with Gasteiger partial charge in [0.15, 0.2) is 6.61 Å². The summed E-state index contributed by atoms with van der Waals surface area (Å²) in [5, 5.41) is 0. The highest BCUT2D eigenvalue weighted by Crippen LogP contribution is 2.65. The minimum atomic E-state index is -0.556. The Morgan fingerprint density at radius 3 is 2.16 bits per heavy atom. The summed E-state index contributed by atoms with van der Waals surface area (Å²) in [6, 6.07) is 0. The van der Waals surface area contributed by atoms with E-state index in [0.717, 1.165) is 12.3 Å². The lowest BCUT2D eigenvalue weighted by atomic mass is 9.44. The normalized spacial score (nSPS) is 39.3. The summed E-state index contributed by atoms with van der Waals surface area (Å²) >= 11 is 0. The maximum absolute atomic E-state index is 12.5. The second kappa shape index (κ2) is 6.28. The average molecular weight is 350 g/mol. The minimum absolute atomic E-state index is 0.260. The van der Waals surface area contributed by atoms with Crippen LogP contribution in [0.15, 0.2) is 0 Å². The van der Waals surface area contributed by atoms with E-state index in [1.54, 1.807) is 0 Å². The van der Waals surface area contributed by atoms with E-state index in [9.17, 15) is 9.59 Å². The number of hydrogen-bond donors (Lipinski definition) is 0. The Morgan fingerprint density at radius 1 is 1.08 bits per heavy atom. The van der Waals surface area contributed by atoms with Crippen molar-refractivity contribution in [3.8, 4) is 0 Å². The molecule has 4 saturated carbocycles. The number of carbonyl (C=O) groups is 2. The van der Waals surface area contributed by atoms with Gasteiger partial charge >= 0.3 is 11.9 Å². The summed E-state index contributed by atoms with van der Waals surface area (Å²) < 4.78 is 11.3. The molecule has 0 spiro atoms. The highest BCUT2D eigenvalue weighted by molar-refractivity contribution is 5.80. The van der Waals surface area contributed by atoms with Crippen molar-refractivity contribution in [3.05, 3.63) is 0 Å². The zero-order valence-corrected chi connectivity index (χ0v) is 16.5. The lowest BCUT2D eigenvalue weighted by Gasteiger charge is -2.63. The third-order valence-corrected chi connectivity index (χ3v) is 7.49. The van der Waals surface area contributed by atoms with Crippen LogP contribution in [0.1, 0.15) is 79.6 Å². The first kappa shape index (κ1) is 18.7. The van der Waals surface area contributed by atoms with E-state index in [-0.39, 0.29) is 24.1 Å². The van der Waals surface area contributed by atoms with Gasteiger partial charge in [-0.25, -0.2) is 4.79 Å². The smallest absolute Gasteiger partial charge is 0.344 e. The van der Waals surface area contributed by atoms with Crippen LogP contribution in [-0.2, 0) is 19.1 Å². The summed E-state index contributed by atoms with van der Waals surface area (Å²) in [7, 11) is 0. The Labute approximate surface area is 152 Å². The molecule has 4 heteroatoms. The van der Waals surface area contributed by atoms with Crippen molar-refractivity contribution < 1.29 is 19.1 Å². The Morgan fingerprint density at radius 2 is 1.68 bits per heavy atom. The Kier molecular flexibility index (Phi) is 4.70. The molecule has 4 bridgehead atoms. The van der Waals surface area contributed by atoms with Gasteiger partial charge in [0.25, 0.3) is 0 Å². The second-order valence-electron chi connectivity index (χ2n) is 9.75. The van der Waals surface area contributed by atoms with Gasteiger partial charge in [-0.1, -0.05) is 20.8 Å². The molecule has 142 valence electrons. The molecule has 4 nitrogen and oxygen atoms in total. The summed E-state index contributed by atoms with van der Waals surface area (Å²) in [5.74, 6) is 1.06. The molecule has 0 N–H and O–H groups in total. The van der Waals surface area contributed by atoms with Crippen molar-refractivity contribution in [2.75, 3.05) is 6.61 Å². The number of esters is 2. The van der Waals surface area contributed by atoms with Crippen LogP contribution in [0.4, 0.5) is 0 Å². The monoisotopic (exact) mass is 350 g/mol. The summed E-state index contributed by atoms with van der Waals surface area (Å²) in [6.45, 7) is 9.92. The molecule has 0 aromatic heterocycles. The first-order chi connectivity index (χ1) is 11.6. The molecule has 2 atom stereocenters. The largest absolute Gasteiger partial charge is 0.456 e. The summed E-state index contributed by atoms with van der Waals surface area (Å²) in [4.78, 5) is 24.6. The van der Waals surface area contributed by atoms with Crippen LogP contribution in [0.5, 0.6) is 0 Å². The number of carbonyl (C=O) groups excluding carboxylic acids is 2. The molecule has 0 aliphatic heterocycles. The van der Waals surface area contributed by atoms with E-state index in [2.05, 4.69) is 13.8 Å². The van der Waals surface area contributed by atoms with Crippen molar-refractivity contribution >= 4 is 11.9 Å². The third-order valence-electron chi connectivity index (χ3n) is 7.49. The second-order valence-corrected chi connectivity index (χ2v) is 9.75. The van der Waals surface area contributed by atoms with Crippen molar-refractivity contribution in [3.63, 3.8) is 0 Å². The highest BCUT2D eigenvalue weighted by atomic mass is 16.6. The maximum Gasteiger partial charge on any atom is 0.344 e. The van der Waals surface area contributed by atoms with Crippen LogP contribution < -0.4 is 0 Å². The molecule has 0 amide bonds. The molecular weight excluding hydrogens is 316 g/mol. The highest BCUT2D eigenvalue weighted by Gasteiger charge is 2.61. The van der Waals surface area contributed by atoms with Crippen LogP contribution in [0.25, 0.3) is 0 Å². The average Bonchev–Trinajstić information content (AvgIpc) is 2.54. The fraction of sp³-hybridized carbons (Fsp3) is 0.905. The van der Waals surface area contributed by atoms with Gasteiger partial charge in [0.2, 0.25) is 0 Å². The van der Waals surface area contributed by atoms with Gasteiger partial charge in [-0.05, 0) is 82.0 Å². The van der Waals surface area contributed by atoms with Crippen LogP contribution in [0, 0.1) is 28.6 Å². The SMILES string of the molecule is CCC(C)(C)C(=O)OCC(=O)OC1(CC)C2CC3CC1CC(C)(C3)C2. The van der Waals surface area contributed by atoms with Gasteiger partial charge in [0, 0.05) is 0 Å². The van der Waals surface area contributed by atoms with Gasteiger partial charge < -0.3 is 9.47 Å². The fourth-order valence-electron chi connectivity index (χ4n) is 5.97. The van der Waals surface area contributed by atoms with Gasteiger partial charge in [-0.2, -0.15) is 0 Å². The van der Waals surface area contributed by atoms with Crippen LogP contribution >= 0.6 is 0 Å². The number of hydrogen-bond acceptors (Lipinski definition) is 4. The minimum Gasteiger partial charge on any atom is -0.456 e. The zero-order valence-electron chi connectivity index (χ0n) is 16.5. The van der Waals surface area contributed by atoms with E-state index >= 15 is 0 Å². The zero-order chi connectivity index (χ0) is 18.5. The molecular formula is C21H34O4. The van der Waals surface area contributed by atoms with Crippen molar-refractivity contribution in [1.82, 2.24) is 0 Å². The van der Waals surface area contributed by atoms with Crippen LogP contribution in [0.2, 0.25) is 0 Å². The molecule has 0 heterocycles. The van der Waals surface area contributed by atoms with E-state index < -0.39 is 5.41 Å². The van der Waals surface area contributed by atoms with Crippen LogP contribution in [0.3, 0.4) is 0 Å². The third kappa shape index (κ3) is 3.21. The Balaban J connectivity index is 1.65. The van der Waals surface area contributed by atoms with Crippen molar-refractivity contribution in [1.29, 1.82) is 0 Å². The van der Waals surface area contributed by atoms with Gasteiger partial charge in [-0.15, -0.1) is 0 Å². The van der Waals surface area contributed by atoms with Gasteiger partial charge in [-0.3, -0.25) is 4.79 Å². The predicted octanol–water partition coefficient (Wildman–Crippen LogP) is 4.50. The van der Waals surface area contributed by atoms with Gasteiger partial charge in [0.1, 0.15) is 5.60 Å². The van der Waals surface area contributed by atoms with E-state index in [1.807, 2.05) is 20.8 Å².